The SMILES string of the molecule is O=S(=O)(NCCc1ncn[nH]1)c1cc(F)c(Cl)c(CO)c1. The lowest BCUT2D eigenvalue weighted by Crippen LogP contribution is -2.26. The van der Waals surface area contributed by atoms with Crippen molar-refractivity contribution in [3.05, 3.63) is 40.7 Å². The zero-order chi connectivity index (χ0) is 15.5. The minimum Gasteiger partial charge on any atom is -0.392 e. The van der Waals surface area contributed by atoms with Crippen LogP contribution in [0.4, 0.5) is 4.39 Å². The zero-order valence-electron chi connectivity index (χ0n) is 10.7. The van der Waals surface area contributed by atoms with Crippen molar-refractivity contribution < 1.29 is 17.9 Å². The van der Waals surface area contributed by atoms with Gasteiger partial charge in [-0.25, -0.2) is 22.5 Å². The lowest BCUT2D eigenvalue weighted by molar-refractivity contribution is 0.281. The largest absolute Gasteiger partial charge is 0.392 e. The molecule has 0 aliphatic heterocycles. The number of aromatic amines is 1. The van der Waals surface area contributed by atoms with E-state index in [0.717, 1.165) is 12.1 Å². The Labute approximate surface area is 125 Å². The van der Waals surface area contributed by atoms with Crippen LogP contribution in [0.2, 0.25) is 5.02 Å². The third-order valence-electron chi connectivity index (χ3n) is 2.68. The molecule has 10 heteroatoms. The first-order valence-electron chi connectivity index (χ1n) is 5.86. The minimum atomic E-state index is -3.91. The van der Waals surface area contributed by atoms with Crippen LogP contribution in [0.3, 0.4) is 0 Å². The highest BCUT2D eigenvalue weighted by atomic mass is 35.5. The molecule has 1 aromatic heterocycles. The van der Waals surface area contributed by atoms with E-state index in [0.29, 0.717) is 12.2 Å². The number of nitrogens with zero attached hydrogens (tertiary/aromatic N) is 2. The molecule has 0 fully saturated rings. The van der Waals surface area contributed by atoms with Gasteiger partial charge in [0.2, 0.25) is 10.0 Å². The number of benzene rings is 1. The Balaban J connectivity index is 2.13. The standard InChI is InChI=1S/C11H12ClFN4O3S/c12-11-7(5-18)3-8(4-9(11)13)21(19,20)16-2-1-10-14-6-15-17-10/h3-4,6,16,18H,1-2,5H2,(H,14,15,17). The first-order chi connectivity index (χ1) is 9.94. The second-order valence-corrected chi connectivity index (χ2v) is 6.26. The highest BCUT2D eigenvalue weighted by Crippen LogP contribution is 2.24. The van der Waals surface area contributed by atoms with E-state index in [1.54, 1.807) is 0 Å². The summed E-state index contributed by atoms with van der Waals surface area (Å²) < 4.78 is 39.9. The number of sulfonamides is 1. The Bertz CT molecular complexity index is 721. The van der Waals surface area contributed by atoms with E-state index < -0.39 is 22.4 Å². The molecule has 0 bridgehead atoms. The first kappa shape index (κ1) is 15.8. The van der Waals surface area contributed by atoms with Crippen LogP contribution in [0.25, 0.3) is 0 Å². The van der Waals surface area contributed by atoms with Gasteiger partial charge < -0.3 is 5.11 Å². The molecule has 0 saturated heterocycles. The minimum absolute atomic E-state index is 0.00674. The van der Waals surface area contributed by atoms with Crippen LogP contribution in [0.15, 0.2) is 23.4 Å². The van der Waals surface area contributed by atoms with Crippen molar-refractivity contribution in [1.29, 1.82) is 0 Å². The van der Waals surface area contributed by atoms with Crippen LogP contribution in [-0.4, -0.2) is 35.3 Å². The molecule has 2 aromatic rings. The van der Waals surface area contributed by atoms with Crippen LogP contribution < -0.4 is 4.72 Å². The first-order valence-corrected chi connectivity index (χ1v) is 7.73. The van der Waals surface area contributed by atoms with Crippen LogP contribution in [0.1, 0.15) is 11.4 Å². The summed E-state index contributed by atoms with van der Waals surface area (Å²) in [6.45, 7) is -0.493. The highest BCUT2D eigenvalue weighted by molar-refractivity contribution is 7.89. The molecule has 1 heterocycles. The third kappa shape index (κ3) is 3.76. The number of hydrogen-bond acceptors (Lipinski definition) is 5. The molecule has 1 aromatic carbocycles. The molecule has 0 aliphatic rings. The smallest absolute Gasteiger partial charge is 0.240 e. The Kier molecular flexibility index (Phi) is 4.88. The Morgan fingerprint density at radius 2 is 2.19 bits per heavy atom. The number of rotatable bonds is 6. The number of hydrogen-bond donors (Lipinski definition) is 3. The van der Waals surface area contributed by atoms with E-state index in [1.165, 1.54) is 6.33 Å². The van der Waals surface area contributed by atoms with Crippen molar-refractivity contribution in [2.75, 3.05) is 6.54 Å². The van der Waals surface area contributed by atoms with Crippen LogP contribution in [0, 0.1) is 5.82 Å². The van der Waals surface area contributed by atoms with Gasteiger partial charge in [-0.15, -0.1) is 0 Å². The summed E-state index contributed by atoms with van der Waals surface area (Å²) in [6.07, 6.45) is 1.62. The predicted molar refractivity (Wildman–Crippen MR) is 72.6 cm³/mol. The topological polar surface area (TPSA) is 108 Å². The highest BCUT2D eigenvalue weighted by Gasteiger charge is 2.18. The summed E-state index contributed by atoms with van der Waals surface area (Å²) >= 11 is 5.62. The van der Waals surface area contributed by atoms with Gasteiger partial charge in [-0.1, -0.05) is 11.6 Å². The fourth-order valence-electron chi connectivity index (χ4n) is 1.63. The maximum atomic E-state index is 13.5. The van der Waals surface area contributed by atoms with E-state index in [-0.39, 0.29) is 22.0 Å². The fraction of sp³-hybridized carbons (Fsp3) is 0.273. The summed E-state index contributed by atoms with van der Waals surface area (Å²) in [5, 5.41) is 15.0. The third-order valence-corrected chi connectivity index (χ3v) is 4.54. The van der Waals surface area contributed by atoms with Gasteiger partial charge >= 0.3 is 0 Å². The molecule has 0 radical (unpaired) electrons. The van der Waals surface area contributed by atoms with Crippen LogP contribution >= 0.6 is 11.6 Å². The average Bonchev–Trinajstić information content (AvgIpc) is 2.94. The van der Waals surface area contributed by atoms with Gasteiger partial charge in [0.1, 0.15) is 18.0 Å². The molecule has 0 unspecified atom stereocenters. The second-order valence-electron chi connectivity index (χ2n) is 4.12. The second kappa shape index (κ2) is 6.48. The van der Waals surface area contributed by atoms with Crippen molar-refractivity contribution in [3.8, 4) is 0 Å². The maximum Gasteiger partial charge on any atom is 0.240 e. The molecule has 0 aliphatic carbocycles. The number of aliphatic hydroxyl groups is 1. The number of H-pyrrole nitrogens is 1. The van der Waals surface area contributed by atoms with Crippen molar-refractivity contribution in [1.82, 2.24) is 19.9 Å². The Hall–Kier alpha value is -1.55. The molecule has 21 heavy (non-hydrogen) atoms. The predicted octanol–water partition coefficient (Wildman–Crippen LogP) is 0.611. The van der Waals surface area contributed by atoms with Gasteiger partial charge in [0, 0.05) is 18.5 Å². The summed E-state index contributed by atoms with van der Waals surface area (Å²) in [7, 11) is -3.91. The molecule has 0 amide bonds. The van der Waals surface area contributed by atoms with E-state index in [9.17, 15) is 12.8 Å². The van der Waals surface area contributed by atoms with Crippen molar-refractivity contribution in [2.45, 2.75) is 17.9 Å². The molecule has 7 nitrogen and oxygen atoms in total. The van der Waals surface area contributed by atoms with Crippen molar-refractivity contribution in [2.24, 2.45) is 0 Å². The van der Waals surface area contributed by atoms with Gasteiger partial charge in [0.25, 0.3) is 0 Å². The van der Waals surface area contributed by atoms with Gasteiger partial charge in [0.05, 0.1) is 16.5 Å². The summed E-state index contributed by atoms with van der Waals surface area (Å²) in [6, 6.07) is 1.93. The van der Waals surface area contributed by atoms with Crippen molar-refractivity contribution >= 4 is 21.6 Å². The molecule has 0 spiro atoms. The lowest BCUT2D eigenvalue weighted by Gasteiger charge is -2.09. The van der Waals surface area contributed by atoms with E-state index >= 15 is 0 Å². The summed E-state index contributed by atoms with van der Waals surface area (Å²) in [5.74, 6) is -0.380. The molecule has 0 atom stereocenters. The number of aliphatic hydroxyl groups excluding tert-OH is 1. The van der Waals surface area contributed by atoms with E-state index in [2.05, 4.69) is 19.9 Å². The van der Waals surface area contributed by atoms with Crippen LogP contribution in [-0.2, 0) is 23.1 Å². The normalized spacial score (nSPS) is 11.8. The Morgan fingerprint density at radius 3 is 2.81 bits per heavy atom. The van der Waals surface area contributed by atoms with Crippen LogP contribution in [0.5, 0.6) is 0 Å². The average molecular weight is 335 g/mol. The molecule has 0 saturated carbocycles. The van der Waals surface area contributed by atoms with Gasteiger partial charge in [-0.3, -0.25) is 5.10 Å². The summed E-state index contributed by atoms with van der Waals surface area (Å²) in [4.78, 5) is 3.55. The number of halogens is 2. The molecular weight excluding hydrogens is 323 g/mol. The van der Waals surface area contributed by atoms with Gasteiger partial charge in [-0.05, 0) is 12.1 Å². The monoisotopic (exact) mass is 334 g/mol. The van der Waals surface area contributed by atoms with E-state index in [1.807, 2.05) is 0 Å². The summed E-state index contributed by atoms with van der Waals surface area (Å²) in [5.41, 5.74) is 0.00674. The zero-order valence-corrected chi connectivity index (χ0v) is 12.2. The van der Waals surface area contributed by atoms with Gasteiger partial charge in [0.15, 0.2) is 0 Å². The molecule has 2 rings (SSSR count). The van der Waals surface area contributed by atoms with E-state index in [4.69, 9.17) is 16.7 Å². The van der Waals surface area contributed by atoms with Crippen molar-refractivity contribution in [3.63, 3.8) is 0 Å². The Morgan fingerprint density at radius 1 is 1.43 bits per heavy atom. The molecule has 114 valence electrons. The number of aromatic nitrogens is 3. The quantitative estimate of drug-likeness (QED) is 0.717. The van der Waals surface area contributed by atoms with Gasteiger partial charge in [-0.2, -0.15) is 5.10 Å². The number of nitrogens with one attached hydrogen (secondary N) is 2. The molecular formula is C11H12ClFN4O3S. The fourth-order valence-corrected chi connectivity index (χ4v) is 2.89. The molecule has 3 N–H and O–H groups in total. The lowest BCUT2D eigenvalue weighted by atomic mass is 10.2. The maximum absolute atomic E-state index is 13.5.